The fourth-order valence-electron chi connectivity index (χ4n) is 0.619. The first-order valence-corrected chi connectivity index (χ1v) is 4.09. The Labute approximate surface area is 73.9 Å². The molecule has 0 aliphatic carbocycles. The Morgan fingerprint density at radius 1 is 1.58 bits per heavy atom. The molecule has 2 amide bonds. The molecular weight excluding hydrogens is 156 g/mol. The Hall–Kier alpha value is -0.770. The van der Waals surface area contributed by atoms with Gasteiger partial charge in [-0.1, -0.05) is 0 Å². The van der Waals surface area contributed by atoms with E-state index in [1.165, 1.54) is 0 Å². The van der Waals surface area contributed by atoms with Gasteiger partial charge in [-0.25, -0.2) is 4.79 Å². The Balaban J connectivity index is 3.57. The van der Waals surface area contributed by atoms with E-state index in [1.807, 2.05) is 13.8 Å². The topological polar surface area (TPSA) is 41.6 Å². The number of nitrogens with one attached hydrogen (secondary N) is 1. The van der Waals surface area contributed by atoms with Crippen LogP contribution in [0.25, 0.3) is 0 Å². The molecule has 0 radical (unpaired) electrons. The summed E-state index contributed by atoms with van der Waals surface area (Å²) in [5.41, 5.74) is 0. The molecule has 0 saturated carbocycles. The van der Waals surface area contributed by atoms with Gasteiger partial charge in [-0.15, -0.1) is 0 Å². The summed E-state index contributed by atoms with van der Waals surface area (Å²) < 4.78 is 4.80. The number of nitrogens with zero attached hydrogens (tertiary/aromatic N) is 1. The first-order valence-electron chi connectivity index (χ1n) is 4.09. The van der Waals surface area contributed by atoms with Crippen molar-refractivity contribution in [1.29, 1.82) is 0 Å². The first-order chi connectivity index (χ1) is 5.59. The monoisotopic (exact) mass is 174 g/mol. The zero-order valence-electron chi connectivity index (χ0n) is 8.26. The molecule has 0 spiro atoms. The van der Waals surface area contributed by atoms with Gasteiger partial charge in [0.2, 0.25) is 0 Å². The van der Waals surface area contributed by atoms with Crippen molar-refractivity contribution in [3.8, 4) is 0 Å². The van der Waals surface area contributed by atoms with Gasteiger partial charge in [-0.3, -0.25) is 0 Å². The molecule has 72 valence electrons. The lowest BCUT2D eigenvalue weighted by Gasteiger charge is -2.21. The third-order valence-corrected chi connectivity index (χ3v) is 1.68. The van der Waals surface area contributed by atoms with Crippen LogP contribution in [0.15, 0.2) is 0 Å². The van der Waals surface area contributed by atoms with Gasteiger partial charge < -0.3 is 15.0 Å². The van der Waals surface area contributed by atoms with Crippen LogP contribution in [0.2, 0.25) is 0 Å². The molecule has 0 aromatic rings. The minimum Gasteiger partial charge on any atom is -0.383 e. The van der Waals surface area contributed by atoms with Crippen molar-refractivity contribution in [2.45, 2.75) is 19.9 Å². The van der Waals surface area contributed by atoms with Crippen LogP contribution in [0.1, 0.15) is 13.8 Å². The highest BCUT2D eigenvalue weighted by Crippen LogP contribution is 1.92. The van der Waals surface area contributed by atoms with Crippen molar-refractivity contribution in [3.63, 3.8) is 0 Å². The molecule has 0 bridgehead atoms. The molecule has 4 nitrogen and oxygen atoms in total. The SMILES string of the molecule is COCCNC(=O)N(C)C(C)C. The second-order valence-corrected chi connectivity index (χ2v) is 2.93. The van der Waals surface area contributed by atoms with E-state index < -0.39 is 0 Å². The highest BCUT2D eigenvalue weighted by atomic mass is 16.5. The van der Waals surface area contributed by atoms with E-state index >= 15 is 0 Å². The summed E-state index contributed by atoms with van der Waals surface area (Å²) in [4.78, 5) is 12.9. The third-order valence-electron chi connectivity index (χ3n) is 1.68. The second-order valence-electron chi connectivity index (χ2n) is 2.93. The minimum atomic E-state index is -0.0537. The fraction of sp³-hybridized carbons (Fsp3) is 0.875. The van der Waals surface area contributed by atoms with Crippen molar-refractivity contribution < 1.29 is 9.53 Å². The molecule has 0 fully saturated rings. The Morgan fingerprint density at radius 2 is 2.17 bits per heavy atom. The Bertz CT molecular complexity index is 137. The summed E-state index contributed by atoms with van der Waals surface area (Å²) in [5, 5.41) is 2.73. The lowest BCUT2D eigenvalue weighted by Crippen LogP contribution is -2.42. The van der Waals surface area contributed by atoms with Crippen LogP contribution in [-0.4, -0.2) is 44.3 Å². The quantitative estimate of drug-likeness (QED) is 0.637. The summed E-state index contributed by atoms with van der Waals surface area (Å²) >= 11 is 0. The highest BCUT2D eigenvalue weighted by molar-refractivity contribution is 5.74. The number of methoxy groups -OCH3 is 1. The molecule has 12 heavy (non-hydrogen) atoms. The van der Waals surface area contributed by atoms with Crippen LogP contribution in [-0.2, 0) is 4.74 Å². The van der Waals surface area contributed by atoms with Gasteiger partial charge in [0.05, 0.1) is 6.61 Å². The van der Waals surface area contributed by atoms with Crippen molar-refractivity contribution in [2.24, 2.45) is 0 Å². The van der Waals surface area contributed by atoms with Gasteiger partial charge in [0.15, 0.2) is 0 Å². The smallest absolute Gasteiger partial charge is 0.317 e. The number of hydrogen-bond acceptors (Lipinski definition) is 2. The molecular formula is C8H18N2O2. The summed E-state index contributed by atoms with van der Waals surface area (Å²) in [6, 6.07) is 0.176. The fourth-order valence-corrected chi connectivity index (χ4v) is 0.619. The molecule has 0 heterocycles. The largest absolute Gasteiger partial charge is 0.383 e. The average Bonchev–Trinajstić information content (AvgIpc) is 2.03. The molecule has 0 atom stereocenters. The number of amides is 2. The van der Waals surface area contributed by atoms with Crippen LogP contribution in [0.3, 0.4) is 0 Å². The molecule has 1 N–H and O–H groups in total. The van der Waals surface area contributed by atoms with Crippen LogP contribution < -0.4 is 5.32 Å². The third kappa shape index (κ3) is 4.18. The standard InChI is InChI=1S/C8H18N2O2/c1-7(2)10(3)8(11)9-5-6-12-4/h7H,5-6H2,1-4H3,(H,9,11). The van der Waals surface area contributed by atoms with Gasteiger partial charge in [0.25, 0.3) is 0 Å². The van der Waals surface area contributed by atoms with Crippen molar-refractivity contribution >= 4 is 6.03 Å². The van der Waals surface area contributed by atoms with E-state index in [2.05, 4.69) is 5.32 Å². The maximum atomic E-state index is 11.2. The lowest BCUT2D eigenvalue weighted by molar-refractivity contribution is 0.179. The number of carbonyl (C=O) groups excluding carboxylic acids is 1. The van der Waals surface area contributed by atoms with Crippen LogP contribution in [0.4, 0.5) is 4.79 Å². The Morgan fingerprint density at radius 3 is 2.58 bits per heavy atom. The van der Waals surface area contributed by atoms with E-state index in [-0.39, 0.29) is 12.1 Å². The molecule has 0 aromatic heterocycles. The predicted octanol–water partition coefficient (Wildman–Crippen LogP) is 0.683. The van der Waals surface area contributed by atoms with E-state index in [1.54, 1.807) is 19.1 Å². The maximum absolute atomic E-state index is 11.2. The molecule has 0 aliphatic heterocycles. The van der Waals surface area contributed by atoms with Crippen molar-refractivity contribution in [2.75, 3.05) is 27.3 Å². The van der Waals surface area contributed by atoms with Crippen LogP contribution in [0, 0.1) is 0 Å². The van der Waals surface area contributed by atoms with E-state index in [0.29, 0.717) is 13.2 Å². The summed E-state index contributed by atoms with van der Waals surface area (Å²) in [7, 11) is 3.38. The lowest BCUT2D eigenvalue weighted by atomic mass is 10.4. The van der Waals surface area contributed by atoms with E-state index in [0.717, 1.165) is 0 Å². The number of ether oxygens (including phenoxy) is 1. The number of carbonyl (C=O) groups is 1. The van der Waals surface area contributed by atoms with Crippen LogP contribution in [0.5, 0.6) is 0 Å². The van der Waals surface area contributed by atoms with E-state index in [4.69, 9.17) is 4.74 Å². The van der Waals surface area contributed by atoms with Crippen molar-refractivity contribution in [1.82, 2.24) is 10.2 Å². The van der Waals surface area contributed by atoms with Gasteiger partial charge in [0, 0.05) is 26.7 Å². The van der Waals surface area contributed by atoms with E-state index in [9.17, 15) is 4.79 Å². The molecule has 0 rings (SSSR count). The highest BCUT2D eigenvalue weighted by Gasteiger charge is 2.09. The van der Waals surface area contributed by atoms with Crippen LogP contribution >= 0.6 is 0 Å². The van der Waals surface area contributed by atoms with Gasteiger partial charge >= 0.3 is 6.03 Å². The summed E-state index contributed by atoms with van der Waals surface area (Å²) in [6.07, 6.45) is 0. The molecule has 0 aromatic carbocycles. The normalized spacial score (nSPS) is 10.1. The summed E-state index contributed by atoms with van der Waals surface area (Å²) in [5.74, 6) is 0. The molecule has 4 heteroatoms. The summed E-state index contributed by atoms with van der Waals surface area (Å²) in [6.45, 7) is 5.05. The number of hydrogen-bond donors (Lipinski definition) is 1. The van der Waals surface area contributed by atoms with Gasteiger partial charge in [-0.05, 0) is 13.8 Å². The zero-order chi connectivity index (χ0) is 9.56. The number of urea groups is 1. The average molecular weight is 174 g/mol. The molecule has 0 aliphatic rings. The zero-order valence-corrected chi connectivity index (χ0v) is 8.26. The number of rotatable bonds is 4. The second kappa shape index (κ2) is 5.83. The molecule has 0 saturated heterocycles. The minimum absolute atomic E-state index is 0.0537. The van der Waals surface area contributed by atoms with Gasteiger partial charge in [0.1, 0.15) is 0 Å². The first kappa shape index (κ1) is 11.2. The van der Waals surface area contributed by atoms with Crippen molar-refractivity contribution in [3.05, 3.63) is 0 Å². The maximum Gasteiger partial charge on any atom is 0.317 e. The van der Waals surface area contributed by atoms with Gasteiger partial charge in [-0.2, -0.15) is 0 Å². The molecule has 0 unspecified atom stereocenters. The Kier molecular flexibility index (Phi) is 5.45. The predicted molar refractivity (Wildman–Crippen MR) is 48.2 cm³/mol.